The summed E-state index contributed by atoms with van der Waals surface area (Å²) in [7, 11) is 0. The molecule has 0 amide bonds. The van der Waals surface area contributed by atoms with Gasteiger partial charge < -0.3 is 5.32 Å². The zero-order chi connectivity index (χ0) is 17.5. The lowest BCUT2D eigenvalue weighted by molar-refractivity contribution is 0.652. The molecule has 26 heavy (non-hydrogen) atoms. The molecule has 1 nitrogen and oxygen atoms in total. The summed E-state index contributed by atoms with van der Waals surface area (Å²) in [6.45, 7) is 2.28. The molecule has 4 aromatic carbocycles. The normalized spacial score (nSPS) is 15.5. The highest BCUT2D eigenvalue weighted by Crippen LogP contribution is 2.48. The van der Waals surface area contributed by atoms with Crippen molar-refractivity contribution in [1.82, 2.24) is 0 Å². The number of hydrogen-bond donors (Lipinski definition) is 1. The van der Waals surface area contributed by atoms with E-state index in [2.05, 4.69) is 85.0 Å². The molecule has 1 aliphatic heterocycles. The Hall–Kier alpha value is -2.80. The minimum atomic E-state index is 0.455. The molecule has 1 heteroatoms. The molecule has 0 radical (unpaired) electrons. The number of hydrogen-bond acceptors (Lipinski definition) is 1. The molecule has 5 rings (SSSR count). The molecule has 0 bridgehead atoms. The average molecular weight is 337 g/mol. The van der Waals surface area contributed by atoms with Gasteiger partial charge in [0.15, 0.2) is 0 Å². The van der Waals surface area contributed by atoms with Crippen LogP contribution in [0.1, 0.15) is 43.2 Å². The van der Waals surface area contributed by atoms with E-state index < -0.39 is 0 Å². The first kappa shape index (κ1) is 15.5. The van der Waals surface area contributed by atoms with E-state index in [1.807, 2.05) is 0 Å². The summed E-state index contributed by atoms with van der Waals surface area (Å²) in [5, 5.41) is 9.13. The molecule has 0 fully saturated rings. The Balaban J connectivity index is 1.79. The van der Waals surface area contributed by atoms with Gasteiger partial charge in [0.2, 0.25) is 0 Å². The van der Waals surface area contributed by atoms with Crippen LogP contribution in [0.15, 0.2) is 72.8 Å². The lowest BCUT2D eigenvalue weighted by atomic mass is 9.79. The van der Waals surface area contributed by atoms with E-state index in [-0.39, 0.29) is 0 Å². The third-order valence-corrected chi connectivity index (χ3v) is 5.76. The van der Waals surface area contributed by atoms with Crippen LogP contribution in [0.4, 0.5) is 11.4 Å². The molecule has 1 aliphatic rings. The summed E-state index contributed by atoms with van der Waals surface area (Å²) < 4.78 is 0. The van der Waals surface area contributed by atoms with Gasteiger partial charge in [-0.2, -0.15) is 0 Å². The highest BCUT2D eigenvalue weighted by molar-refractivity contribution is 6.02. The first-order chi connectivity index (χ1) is 12.9. The third kappa shape index (κ3) is 2.31. The van der Waals surface area contributed by atoms with Gasteiger partial charge in [-0.05, 0) is 39.8 Å². The molecule has 0 saturated heterocycles. The Morgan fingerprint density at radius 3 is 2.27 bits per heavy atom. The summed E-state index contributed by atoms with van der Waals surface area (Å²) in [5.41, 5.74) is 5.49. The molecule has 4 aromatic rings. The maximum Gasteiger partial charge on any atom is 0.0502 e. The summed E-state index contributed by atoms with van der Waals surface area (Å²) in [5.74, 6) is 0.455. The van der Waals surface area contributed by atoms with Gasteiger partial charge >= 0.3 is 0 Å². The summed E-state index contributed by atoms with van der Waals surface area (Å²) in [6.07, 6.45) is 3.68. The Morgan fingerprint density at radius 2 is 1.46 bits per heavy atom. The van der Waals surface area contributed by atoms with Crippen LogP contribution in [0.2, 0.25) is 0 Å². The van der Waals surface area contributed by atoms with Crippen LogP contribution in [0.25, 0.3) is 21.5 Å². The molecule has 1 N–H and O–H groups in total. The Kier molecular flexibility index (Phi) is 3.67. The van der Waals surface area contributed by atoms with Crippen LogP contribution in [-0.4, -0.2) is 0 Å². The maximum absolute atomic E-state index is 3.78. The number of benzene rings is 4. The van der Waals surface area contributed by atoms with Crippen LogP contribution in [0.5, 0.6) is 0 Å². The maximum atomic E-state index is 3.78. The van der Waals surface area contributed by atoms with Crippen LogP contribution in [0, 0.1) is 0 Å². The predicted octanol–water partition coefficient (Wildman–Crippen LogP) is 7.37. The molecule has 128 valence electrons. The minimum absolute atomic E-state index is 0.455. The van der Waals surface area contributed by atoms with Gasteiger partial charge in [0.1, 0.15) is 0 Å². The van der Waals surface area contributed by atoms with E-state index >= 15 is 0 Å². The van der Waals surface area contributed by atoms with Gasteiger partial charge in [0.25, 0.3) is 0 Å². The molecule has 1 heterocycles. The van der Waals surface area contributed by atoms with Crippen molar-refractivity contribution in [2.24, 2.45) is 0 Å². The second-order valence-corrected chi connectivity index (χ2v) is 7.32. The van der Waals surface area contributed by atoms with E-state index in [1.165, 1.54) is 63.3 Å². The molecule has 1 atom stereocenters. The Labute approximate surface area is 154 Å². The average Bonchev–Trinajstić information content (AvgIpc) is 2.71. The van der Waals surface area contributed by atoms with E-state index in [4.69, 9.17) is 0 Å². The molecular formula is C25H23N. The van der Waals surface area contributed by atoms with Crippen molar-refractivity contribution in [2.75, 3.05) is 5.32 Å². The van der Waals surface area contributed by atoms with Crippen molar-refractivity contribution in [3.8, 4) is 0 Å². The molecule has 0 aliphatic carbocycles. The van der Waals surface area contributed by atoms with E-state index in [0.717, 1.165) is 0 Å². The topological polar surface area (TPSA) is 12.0 Å². The van der Waals surface area contributed by atoms with Crippen LogP contribution in [0.3, 0.4) is 0 Å². The van der Waals surface area contributed by atoms with Crippen LogP contribution < -0.4 is 5.32 Å². The van der Waals surface area contributed by atoms with Gasteiger partial charge in [-0.1, -0.05) is 86.5 Å². The summed E-state index contributed by atoms with van der Waals surface area (Å²) in [4.78, 5) is 0. The van der Waals surface area contributed by atoms with Crippen LogP contribution in [-0.2, 0) is 0 Å². The lowest BCUT2D eigenvalue weighted by Crippen LogP contribution is -2.14. The smallest absolute Gasteiger partial charge is 0.0502 e. The number of unbranched alkanes of at least 4 members (excludes halogenated alkanes) is 1. The van der Waals surface area contributed by atoms with E-state index in [0.29, 0.717) is 5.92 Å². The highest BCUT2D eigenvalue weighted by Gasteiger charge is 2.27. The van der Waals surface area contributed by atoms with Crippen molar-refractivity contribution in [2.45, 2.75) is 32.1 Å². The van der Waals surface area contributed by atoms with Gasteiger partial charge in [-0.25, -0.2) is 0 Å². The second kappa shape index (κ2) is 6.17. The third-order valence-electron chi connectivity index (χ3n) is 5.76. The highest BCUT2D eigenvalue weighted by atomic mass is 14.9. The second-order valence-electron chi connectivity index (χ2n) is 7.32. The predicted molar refractivity (Wildman–Crippen MR) is 113 cm³/mol. The number of rotatable bonds is 3. The fraction of sp³-hybridized carbons (Fsp3) is 0.200. The van der Waals surface area contributed by atoms with Gasteiger partial charge in [0, 0.05) is 17.0 Å². The molecular weight excluding hydrogens is 314 g/mol. The first-order valence-electron chi connectivity index (χ1n) is 9.67. The number of fused-ring (bicyclic) bond motifs is 6. The van der Waals surface area contributed by atoms with Crippen molar-refractivity contribution in [3.05, 3.63) is 83.9 Å². The zero-order valence-corrected chi connectivity index (χ0v) is 15.1. The zero-order valence-electron chi connectivity index (χ0n) is 15.1. The number of anilines is 2. The first-order valence-corrected chi connectivity index (χ1v) is 9.67. The molecule has 0 spiro atoms. The van der Waals surface area contributed by atoms with Crippen LogP contribution >= 0.6 is 0 Å². The van der Waals surface area contributed by atoms with Crippen molar-refractivity contribution < 1.29 is 0 Å². The fourth-order valence-corrected chi connectivity index (χ4v) is 4.50. The van der Waals surface area contributed by atoms with Gasteiger partial charge in [0.05, 0.1) is 5.69 Å². The summed E-state index contributed by atoms with van der Waals surface area (Å²) in [6, 6.07) is 26.6. The van der Waals surface area contributed by atoms with Crippen molar-refractivity contribution in [3.63, 3.8) is 0 Å². The number of nitrogens with one attached hydrogen (secondary N) is 1. The minimum Gasteiger partial charge on any atom is -0.355 e. The molecule has 1 unspecified atom stereocenters. The Bertz CT molecular complexity index is 1110. The van der Waals surface area contributed by atoms with Crippen molar-refractivity contribution >= 4 is 32.9 Å². The molecule has 0 aromatic heterocycles. The van der Waals surface area contributed by atoms with E-state index in [1.54, 1.807) is 0 Å². The quantitative estimate of drug-likeness (QED) is 0.411. The van der Waals surface area contributed by atoms with Gasteiger partial charge in [-0.3, -0.25) is 0 Å². The largest absolute Gasteiger partial charge is 0.355 e. The monoisotopic (exact) mass is 337 g/mol. The van der Waals surface area contributed by atoms with Gasteiger partial charge in [-0.15, -0.1) is 0 Å². The summed E-state index contributed by atoms with van der Waals surface area (Å²) >= 11 is 0. The van der Waals surface area contributed by atoms with Crippen molar-refractivity contribution in [1.29, 1.82) is 0 Å². The molecule has 0 saturated carbocycles. The lowest BCUT2D eigenvalue weighted by Gasteiger charge is -2.32. The Morgan fingerprint density at radius 1 is 0.769 bits per heavy atom. The SMILES string of the molecule is CCCCC1c2ccc3ccccc3c2Nc2ccc3ccccc3c21. The van der Waals surface area contributed by atoms with E-state index in [9.17, 15) is 0 Å². The standard InChI is InChI=1S/C25H23N/c1-2-3-10-21-22-15-13-18-9-5-7-12-20(18)25(22)26-23-16-14-17-8-4-6-11-19(17)24(21)23/h4-9,11-16,21,26H,2-3,10H2,1H3. The fourth-order valence-electron chi connectivity index (χ4n) is 4.50.